The summed E-state index contributed by atoms with van der Waals surface area (Å²) in [5.74, 6) is -5.06. The van der Waals surface area contributed by atoms with Crippen LogP contribution >= 0.6 is 0 Å². The second-order valence-corrected chi connectivity index (χ2v) is 5.56. The van der Waals surface area contributed by atoms with Crippen LogP contribution in [0.5, 0.6) is 28.7 Å². The molecule has 0 aliphatic carbocycles. The molecule has 0 heterocycles. The summed E-state index contributed by atoms with van der Waals surface area (Å²) in [5.41, 5.74) is -2.09. The predicted octanol–water partition coefficient (Wildman–Crippen LogP) is 2.50. The van der Waals surface area contributed by atoms with Gasteiger partial charge in [0.25, 0.3) is 0 Å². The van der Waals surface area contributed by atoms with E-state index in [-0.39, 0.29) is 11.1 Å². The van der Waals surface area contributed by atoms with E-state index in [0.717, 1.165) is 0 Å². The van der Waals surface area contributed by atoms with Gasteiger partial charge in [0, 0.05) is 0 Å². The first-order valence-electron chi connectivity index (χ1n) is 7.41. The molecule has 0 unspecified atom stereocenters. The highest BCUT2D eigenvalue weighted by Crippen LogP contribution is 2.56. The molecule has 0 bridgehead atoms. The van der Waals surface area contributed by atoms with Crippen LogP contribution in [0, 0.1) is 0 Å². The van der Waals surface area contributed by atoms with Gasteiger partial charge in [0.2, 0.25) is 17.2 Å². The van der Waals surface area contributed by atoms with Crippen LogP contribution in [0.3, 0.4) is 0 Å². The number of hydrogen-bond acceptors (Lipinski definition) is 6. The van der Waals surface area contributed by atoms with E-state index in [9.17, 15) is 30.6 Å². The lowest BCUT2D eigenvalue weighted by Gasteiger charge is -2.31. The first kappa shape index (κ1) is 16.5. The van der Waals surface area contributed by atoms with Gasteiger partial charge in [-0.15, -0.1) is 0 Å². The predicted molar refractivity (Wildman–Crippen MR) is 89.8 cm³/mol. The summed E-state index contributed by atoms with van der Waals surface area (Å²) in [6.07, 6.45) is 0. The molecule has 0 spiro atoms. The Morgan fingerprint density at radius 1 is 0.480 bits per heavy atom. The maximum Gasteiger partial charge on any atom is 0.208 e. The molecule has 6 heteroatoms. The van der Waals surface area contributed by atoms with Gasteiger partial charge >= 0.3 is 0 Å². The van der Waals surface area contributed by atoms with Crippen molar-refractivity contribution in [1.82, 2.24) is 0 Å². The number of hydrogen-bond donors (Lipinski definition) is 6. The van der Waals surface area contributed by atoms with Gasteiger partial charge < -0.3 is 30.6 Å². The Balaban J connectivity index is 2.44. The lowest BCUT2D eigenvalue weighted by molar-refractivity contribution is 0.117. The molecular weight excluding hydrogens is 324 g/mol. The molecular formula is C19H16O6. The van der Waals surface area contributed by atoms with Crippen molar-refractivity contribution in [2.45, 2.75) is 5.60 Å². The summed E-state index contributed by atoms with van der Waals surface area (Å²) >= 11 is 0. The van der Waals surface area contributed by atoms with Crippen molar-refractivity contribution in [3.63, 3.8) is 0 Å². The zero-order valence-electron chi connectivity index (χ0n) is 13.0. The van der Waals surface area contributed by atoms with E-state index < -0.39 is 39.9 Å². The Morgan fingerprint density at radius 2 is 0.800 bits per heavy atom. The third kappa shape index (κ3) is 2.40. The minimum atomic E-state index is -2.10. The Kier molecular flexibility index (Phi) is 3.90. The second-order valence-electron chi connectivity index (χ2n) is 5.56. The zero-order chi connectivity index (χ0) is 18.2. The summed E-state index contributed by atoms with van der Waals surface area (Å²) < 4.78 is 0. The first-order valence-corrected chi connectivity index (χ1v) is 7.41. The monoisotopic (exact) mass is 340 g/mol. The quantitative estimate of drug-likeness (QED) is 0.247. The van der Waals surface area contributed by atoms with Gasteiger partial charge in [-0.2, -0.15) is 0 Å². The molecule has 0 aliphatic heterocycles. The molecule has 0 radical (unpaired) electrons. The second kappa shape index (κ2) is 5.92. The summed E-state index contributed by atoms with van der Waals surface area (Å²) in [6, 6.07) is 16.3. The lowest BCUT2D eigenvalue weighted by Crippen LogP contribution is -2.29. The summed E-state index contributed by atoms with van der Waals surface area (Å²) in [4.78, 5) is 0. The Labute approximate surface area is 143 Å². The van der Waals surface area contributed by atoms with E-state index in [2.05, 4.69) is 0 Å². The van der Waals surface area contributed by atoms with Gasteiger partial charge in [0.05, 0.1) is 5.56 Å². The van der Waals surface area contributed by atoms with Crippen LogP contribution in [-0.2, 0) is 5.60 Å². The van der Waals surface area contributed by atoms with Gasteiger partial charge in [-0.3, -0.25) is 0 Å². The fourth-order valence-corrected chi connectivity index (χ4v) is 2.84. The molecule has 6 nitrogen and oxygen atoms in total. The minimum Gasteiger partial charge on any atom is -0.504 e. The minimum absolute atomic E-state index is 0.274. The molecule has 25 heavy (non-hydrogen) atoms. The van der Waals surface area contributed by atoms with Crippen molar-refractivity contribution in [3.05, 3.63) is 77.4 Å². The number of rotatable bonds is 3. The van der Waals surface area contributed by atoms with Gasteiger partial charge in [0.1, 0.15) is 5.60 Å². The van der Waals surface area contributed by atoms with Crippen LogP contribution in [0.4, 0.5) is 0 Å². The van der Waals surface area contributed by atoms with Crippen LogP contribution in [0.15, 0.2) is 60.7 Å². The fourth-order valence-electron chi connectivity index (χ4n) is 2.84. The summed E-state index contributed by atoms with van der Waals surface area (Å²) in [7, 11) is 0. The Morgan fingerprint density at radius 3 is 1.16 bits per heavy atom. The van der Waals surface area contributed by atoms with E-state index in [0.29, 0.717) is 0 Å². The third-order valence-corrected chi connectivity index (χ3v) is 4.12. The molecule has 0 atom stereocenters. The highest BCUT2D eigenvalue weighted by atomic mass is 16.4. The summed E-state index contributed by atoms with van der Waals surface area (Å²) in [5, 5.41) is 61.4. The van der Waals surface area contributed by atoms with Gasteiger partial charge in [-0.05, 0) is 11.1 Å². The molecule has 3 aromatic rings. The molecule has 128 valence electrons. The van der Waals surface area contributed by atoms with Crippen LogP contribution in [0.2, 0.25) is 0 Å². The van der Waals surface area contributed by atoms with Crippen LogP contribution in [-0.4, -0.2) is 30.6 Å². The normalized spacial score (nSPS) is 11.4. The molecule has 3 aromatic carbocycles. The van der Waals surface area contributed by atoms with Crippen molar-refractivity contribution in [2.24, 2.45) is 0 Å². The SMILES string of the molecule is Oc1c(O)c(O)c(C(O)(c2ccccc2)c2ccccc2)c(O)c1O. The smallest absolute Gasteiger partial charge is 0.208 e. The zero-order valence-corrected chi connectivity index (χ0v) is 13.0. The van der Waals surface area contributed by atoms with Crippen molar-refractivity contribution in [1.29, 1.82) is 0 Å². The number of phenols is 5. The van der Waals surface area contributed by atoms with E-state index in [1.54, 1.807) is 60.7 Å². The van der Waals surface area contributed by atoms with Gasteiger partial charge in [0.15, 0.2) is 11.5 Å². The van der Waals surface area contributed by atoms with Crippen molar-refractivity contribution in [3.8, 4) is 28.7 Å². The van der Waals surface area contributed by atoms with Crippen molar-refractivity contribution in [2.75, 3.05) is 0 Å². The average Bonchev–Trinajstić information content (AvgIpc) is 2.66. The average molecular weight is 340 g/mol. The number of phenolic OH excluding ortho intramolecular Hbond substituents is 5. The largest absolute Gasteiger partial charge is 0.504 e. The molecule has 0 aliphatic rings. The summed E-state index contributed by atoms with van der Waals surface area (Å²) in [6.45, 7) is 0. The van der Waals surface area contributed by atoms with Crippen molar-refractivity contribution >= 4 is 0 Å². The standard InChI is InChI=1S/C19H16O6/c20-14-13(15(21)17(23)18(24)16(14)22)19(25,11-7-3-1-4-8-11)12-9-5-2-6-10-12/h1-10,20-25H. The highest BCUT2D eigenvalue weighted by Gasteiger charge is 2.42. The van der Waals surface area contributed by atoms with Crippen LogP contribution < -0.4 is 0 Å². The molecule has 0 aromatic heterocycles. The number of benzene rings is 3. The number of aromatic hydroxyl groups is 5. The Bertz CT molecular complexity index is 838. The maximum atomic E-state index is 11.5. The van der Waals surface area contributed by atoms with Crippen LogP contribution in [0.1, 0.15) is 16.7 Å². The lowest BCUT2D eigenvalue weighted by atomic mass is 9.79. The van der Waals surface area contributed by atoms with Crippen molar-refractivity contribution < 1.29 is 30.6 Å². The molecule has 0 fully saturated rings. The third-order valence-electron chi connectivity index (χ3n) is 4.12. The maximum absolute atomic E-state index is 11.5. The van der Waals surface area contributed by atoms with E-state index in [1.165, 1.54) is 0 Å². The Hall–Kier alpha value is -3.38. The molecule has 0 saturated carbocycles. The van der Waals surface area contributed by atoms with E-state index in [1.807, 2.05) is 0 Å². The van der Waals surface area contributed by atoms with Crippen LogP contribution in [0.25, 0.3) is 0 Å². The van der Waals surface area contributed by atoms with E-state index >= 15 is 0 Å². The van der Waals surface area contributed by atoms with Gasteiger partial charge in [-0.1, -0.05) is 60.7 Å². The highest BCUT2D eigenvalue weighted by molar-refractivity contribution is 5.71. The topological polar surface area (TPSA) is 121 Å². The number of aliphatic hydroxyl groups is 1. The fraction of sp³-hybridized carbons (Fsp3) is 0.0526. The van der Waals surface area contributed by atoms with E-state index in [4.69, 9.17) is 0 Å². The van der Waals surface area contributed by atoms with Gasteiger partial charge in [-0.25, -0.2) is 0 Å². The molecule has 6 N–H and O–H groups in total. The first-order chi connectivity index (χ1) is 11.9. The molecule has 0 saturated heterocycles. The molecule has 3 rings (SSSR count). The molecule has 0 amide bonds.